The molecule has 0 unspecified atom stereocenters. The lowest BCUT2D eigenvalue weighted by Crippen LogP contribution is -2.42. The smallest absolute Gasteiger partial charge is 0.299 e. The maximum Gasteiger partial charge on any atom is 0.299 e. The molecule has 2 aliphatic rings. The number of nitrogens with zero attached hydrogens (tertiary/aromatic N) is 2. The molecule has 0 spiro atoms. The van der Waals surface area contributed by atoms with Gasteiger partial charge in [0.25, 0.3) is 11.7 Å². The molecule has 0 radical (unpaired) electrons. The van der Waals surface area contributed by atoms with Gasteiger partial charge < -0.3 is 9.64 Å². The number of hydrogen-bond acceptors (Lipinski definition) is 4. The fourth-order valence-corrected chi connectivity index (χ4v) is 3.13. The van der Waals surface area contributed by atoms with Crippen LogP contribution in [0.4, 0.5) is 5.69 Å². The van der Waals surface area contributed by atoms with Crippen LogP contribution in [-0.2, 0) is 9.53 Å². The highest BCUT2D eigenvalue weighted by Crippen LogP contribution is 2.34. The molecule has 0 atom stereocenters. The summed E-state index contributed by atoms with van der Waals surface area (Å²) >= 11 is 3.34. The van der Waals surface area contributed by atoms with Crippen LogP contribution in [0.5, 0.6) is 0 Å². The number of morpholine rings is 1. The Balaban J connectivity index is 1.76. The van der Waals surface area contributed by atoms with Gasteiger partial charge in [0.1, 0.15) is 0 Å². The van der Waals surface area contributed by atoms with E-state index >= 15 is 0 Å². The van der Waals surface area contributed by atoms with Crippen LogP contribution in [0.25, 0.3) is 0 Å². The molecule has 1 fully saturated rings. The average Bonchev–Trinajstić information content (AvgIpc) is 2.71. The number of hydrogen-bond donors (Lipinski definition) is 0. The van der Waals surface area contributed by atoms with E-state index in [1.165, 1.54) is 0 Å². The fraction of sp³-hybridized carbons (Fsp3) is 0.429. The summed E-state index contributed by atoms with van der Waals surface area (Å²) in [4.78, 5) is 28.0. The van der Waals surface area contributed by atoms with Gasteiger partial charge in [-0.1, -0.05) is 6.07 Å². The van der Waals surface area contributed by atoms with Gasteiger partial charge in [0.2, 0.25) is 0 Å². The molecular weight excluding hydrogens is 324 g/mol. The molecule has 0 aromatic heterocycles. The molecule has 1 aromatic carbocycles. The number of anilines is 1. The second-order valence-electron chi connectivity index (χ2n) is 4.87. The molecule has 2 aliphatic heterocycles. The Morgan fingerprint density at radius 1 is 1.15 bits per heavy atom. The number of fused-ring (bicyclic) bond motifs is 1. The Labute approximate surface area is 125 Å². The molecular formula is C14H15BrN2O3. The highest BCUT2D eigenvalue weighted by atomic mass is 79.9. The van der Waals surface area contributed by atoms with Crippen LogP contribution >= 0.6 is 15.9 Å². The number of ketones is 1. The van der Waals surface area contributed by atoms with Crippen molar-refractivity contribution in [3.05, 3.63) is 28.2 Å². The van der Waals surface area contributed by atoms with E-state index in [0.29, 0.717) is 22.3 Å². The van der Waals surface area contributed by atoms with Crippen molar-refractivity contribution in [2.75, 3.05) is 44.3 Å². The Morgan fingerprint density at radius 3 is 2.65 bits per heavy atom. The van der Waals surface area contributed by atoms with Crippen molar-refractivity contribution >= 4 is 33.3 Å². The molecule has 2 heterocycles. The van der Waals surface area contributed by atoms with E-state index in [-0.39, 0.29) is 0 Å². The highest BCUT2D eigenvalue weighted by molar-refractivity contribution is 9.10. The Bertz CT molecular complexity index is 555. The predicted octanol–water partition coefficient (Wildman–Crippen LogP) is 1.31. The first kappa shape index (κ1) is 13.7. The molecule has 6 heteroatoms. The Hall–Kier alpha value is -1.24. The number of halogens is 1. The normalized spacial score (nSPS) is 19.6. The molecule has 5 nitrogen and oxygen atoms in total. The van der Waals surface area contributed by atoms with Gasteiger partial charge in [-0.05, 0) is 28.1 Å². The summed E-state index contributed by atoms with van der Waals surface area (Å²) < 4.78 is 5.98. The average molecular weight is 339 g/mol. The second-order valence-corrected chi connectivity index (χ2v) is 5.73. The first-order valence-corrected chi connectivity index (χ1v) is 7.42. The number of rotatable bonds is 3. The van der Waals surface area contributed by atoms with Crippen molar-refractivity contribution in [1.82, 2.24) is 4.90 Å². The molecule has 3 rings (SSSR count). The van der Waals surface area contributed by atoms with Gasteiger partial charge in [-0.25, -0.2) is 0 Å². The lowest BCUT2D eigenvalue weighted by Gasteiger charge is -2.28. The number of carbonyl (C=O) groups is 2. The topological polar surface area (TPSA) is 49.9 Å². The summed E-state index contributed by atoms with van der Waals surface area (Å²) in [6, 6.07) is 5.45. The van der Waals surface area contributed by atoms with Gasteiger partial charge in [-0.15, -0.1) is 0 Å². The zero-order chi connectivity index (χ0) is 14.1. The van der Waals surface area contributed by atoms with E-state index in [0.717, 1.165) is 32.8 Å². The molecule has 0 bridgehead atoms. The number of ether oxygens (including phenoxy) is 1. The van der Waals surface area contributed by atoms with Gasteiger partial charge in [0.15, 0.2) is 0 Å². The summed E-state index contributed by atoms with van der Waals surface area (Å²) in [5, 5.41) is 0. The second kappa shape index (κ2) is 5.63. The zero-order valence-electron chi connectivity index (χ0n) is 11.0. The van der Waals surface area contributed by atoms with Gasteiger partial charge in [0, 0.05) is 30.7 Å². The number of benzene rings is 1. The van der Waals surface area contributed by atoms with Crippen LogP contribution in [0.3, 0.4) is 0 Å². The van der Waals surface area contributed by atoms with E-state index in [1.807, 2.05) is 12.1 Å². The van der Waals surface area contributed by atoms with Gasteiger partial charge in [-0.2, -0.15) is 0 Å². The molecule has 0 saturated carbocycles. The van der Waals surface area contributed by atoms with E-state index in [2.05, 4.69) is 20.8 Å². The number of amides is 1. The lowest BCUT2D eigenvalue weighted by atomic mass is 10.1. The zero-order valence-corrected chi connectivity index (χ0v) is 12.6. The van der Waals surface area contributed by atoms with E-state index < -0.39 is 11.7 Å². The van der Waals surface area contributed by atoms with Crippen LogP contribution < -0.4 is 4.90 Å². The van der Waals surface area contributed by atoms with Crippen molar-refractivity contribution < 1.29 is 14.3 Å². The maximum atomic E-state index is 12.1. The molecule has 0 aliphatic carbocycles. The molecule has 1 saturated heterocycles. The predicted molar refractivity (Wildman–Crippen MR) is 78.1 cm³/mol. The van der Waals surface area contributed by atoms with Crippen LogP contribution in [-0.4, -0.2) is 56.0 Å². The molecule has 20 heavy (non-hydrogen) atoms. The van der Waals surface area contributed by atoms with Crippen molar-refractivity contribution in [3.8, 4) is 0 Å². The first-order chi connectivity index (χ1) is 9.68. The van der Waals surface area contributed by atoms with E-state index in [1.54, 1.807) is 11.0 Å². The molecule has 106 valence electrons. The summed E-state index contributed by atoms with van der Waals surface area (Å²) in [5.41, 5.74) is 1.20. The third kappa shape index (κ3) is 2.39. The summed E-state index contributed by atoms with van der Waals surface area (Å²) in [6.07, 6.45) is 0. The van der Waals surface area contributed by atoms with Crippen molar-refractivity contribution in [3.63, 3.8) is 0 Å². The quantitative estimate of drug-likeness (QED) is 0.780. The minimum atomic E-state index is -0.430. The molecule has 0 N–H and O–H groups in total. The number of Topliss-reactive ketones (excluding diaryl/α,β-unsaturated/α-hetero) is 1. The summed E-state index contributed by atoms with van der Waals surface area (Å²) in [6.45, 7) is 4.51. The molecule has 1 aromatic rings. The van der Waals surface area contributed by atoms with Crippen molar-refractivity contribution in [1.29, 1.82) is 0 Å². The third-order valence-electron chi connectivity index (χ3n) is 3.69. The minimum absolute atomic E-state index is 0.422. The van der Waals surface area contributed by atoms with E-state index in [9.17, 15) is 9.59 Å². The van der Waals surface area contributed by atoms with Crippen molar-refractivity contribution in [2.24, 2.45) is 0 Å². The van der Waals surface area contributed by atoms with Crippen LogP contribution in [0.1, 0.15) is 10.4 Å². The third-order valence-corrected chi connectivity index (χ3v) is 4.35. The van der Waals surface area contributed by atoms with Crippen LogP contribution in [0.15, 0.2) is 22.7 Å². The van der Waals surface area contributed by atoms with Gasteiger partial charge in [0.05, 0.1) is 24.5 Å². The van der Waals surface area contributed by atoms with Crippen molar-refractivity contribution in [2.45, 2.75) is 0 Å². The molecule has 1 amide bonds. The highest BCUT2D eigenvalue weighted by Gasteiger charge is 2.37. The van der Waals surface area contributed by atoms with Crippen LogP contribution in [0.2, 0.25) is 0 Å². The summed E-state index contributed by atoms with van der Waals surface area (Å²) in [5.74, 6) is -0.852. The largest absolute Gasteiger partial charge is 0.379 e. The maximum absolute atomic E-state index is 12.1. The van der Waals surface area contributed by atoms with Gasteiger partial charge >= 0.3 is 0 Å². The SMILES string of the molecule is O=C1C(=O)N(CCN2CCOCC2)c2cccc(Br)c21. The monoisotopic (exact) mass is 338 g/mol. The Kier molecular flexibility index (Phi) is 3.87. The summed E-state index contributed by atoms with van der Waals surface area (Å²) in [7, 11) is 0. The van der Waals surface area contributed by atoms with Gasteiger partial charge in [-0.3, -0.25) is 14.5 Å². The standard InChI is InChI=1S/C14H15BrN2O3/c15-10-2-1-3-11-12(10)13(18)14(19)17(11)5-4-16-6-8-20-9-7-16/h1-3H,4-9H2. The number of carbonyl (C=O) groups excluding carboxylic acids is 2. The Morgan fingerprint density at radius 2 is 1.90 bits per heavy atom. The lowest BCUT2D eigenvalue weighted by molar-refractivity contribution is -0.114. The van der Waals surface area contributed by atoms with Crippen LogP contribution in [0, 0.1) is 0 Å². The minimum Gasteiger partial charge on any atom is -0.379 e. The fourth-order valence-electron chi connectivity index (χ4n) is 2.59. The van der Waals surface area contributed by atoms with E-state index in [4.69, 9.17) is 4.74 Å². The first-order valence-electron chi connectivity index (χ1n) is 6.63.